The van der Waals surface area contributed by atoms with Crippen LogP contribution in [0.5, 0.6) is 0 Å². The van der Waals surface area contributed by atoms with Gasteiger partial charge in [-0.1, -0.05) is 0 Å². The van der Waals surface area contributed by atoms with Crippen LogP contribution >= 0.6 is 0 Å². The SMILES string of the molecule is C[C@@H]1CN(C(=O)C2CCN([C@H](C)C#N)CC2)C[C@H](C)O1. The van der Waals surface area contributed by atoms with Gasteiger partial charge in [0, 0.05) is 32.1 Å². The molecule has 20 heavy (non-hydrogen) atoms. The first-order valence-corrected chi connectivity index (χ1v) is 7.59. The highest BCUT2D eigenvalue weighted by atomic mass is 16.5. The van der Waals surface area contributed by atoms with Crippen LogP contribution in [0.2, 0.25) is 0 Å². The molecule has 1 amide bonds. The summed E-state index contributed by atoms with van der Waals surface area (Å²) in [6.07, 6.45) is 1.98. The summed E-state index contributed by atoms with van der Waals surface area (Å²) in [6, 6.07) is 2.22. The largest absolute Gasteiger partial charge is 0.372 e. The quantitative estimate of drug-likeness (QED) is 0.763. The number of morpholine rings is 1. The van der Waals surface area contributed by atoms with E-state index in [0.29, 0.717) is 13.1 Å². The van der Waals surface area contributed by atoms with Crippen LogP contribution in [-0.4, -0.2) is 60.1 Å². The van der Waals surface area contributed by atoms with Crippen LogP contribution in [-0.2, 0) is 9.53 Å². The maximum Gasteiger partial charge on any atom is 0.225 e. The van der Waals surface area contributed by atoms with Gasteiger partial charge in [-0.3, -0.25) is 9.69 Å². The van der Waals surface area contributed by atoms with Gasteiger partial charge < -0.3 is 9.64 Å². The molecule has 0 bridgehead atoms. The molecular formula is C15H25N3O2. The maximum absolute atomic E-state index is 12.6. The molecule has 0 radical (unpaired) electrons. The van der Waals surface area contributed by atoms with Crippen molar-refractivity contribution in [3.63, 3.8) is 0 Å². The third-order valence-electron chi connectivity index (χ3n) is 4.34. The summed E-state index contributed by atoms with van der Waals surface area (Å²) in [7, 11) is 0. The van der Waals surface area contributed by atoms with E-state index in [-0.39, 0.29) is 30.1 Å². The molecule has 0 aromatic carbocycles. The zero-order valence-corrected chi connectivity index (χ0v) is 12.7. The van der Waals surface area contributed by atoms with E-state index in [1.807, 2.05) is 25.7 Å². The number of piperidine rings is 1. The third-order valence-corrected chi connectivity index (χ3v) is 4.34. The zero-order chi connectivity index (χ0) is 14.7. The summed E-state index contributed by atoms with van der Waals surface area (Å²) in [6.45, 7) is 9.07. The van der Waals surface area contributed by atoms with E-state index in [4.69, 9.17) is 10.00 Å². The standard InChI is InChI=1S/C15H25N3O2/c1-11(8-16)17-6-4-14(5-7-17)15(19)18-9-12(2)20-13(3)10-18/h11-14H,4-7,9-10H2,1-3H3/t11-,12-,13+/m1/s1. The first-order chi connectivity index (χ1) is 9.51. The fourth-order valence-corrected chi connectivity index (χ4v) is 3.23. The lowest BCUT2D eigenvalue weighted by Crippen LogP contribution is -2.51. The van der Waals surface area contributed by atoms with Crippen molar-refractivity contribution in [2.45, 2.75) is 51.9 Å². The van der Waals surface area contributed by atoms with Crippen molar-refractivity contribution >= 4 is 5.91 Å². The molecule has 0 unspecified atom stereocenters. The van der Waals surface area contributed by atoms with Crippen molar-refractivity contribution in [3.05, 3.63) is 0 Å². The Hall–Kier alpha value is -1.12. The molecular weight excluding hydrogens is 254 g/mol. The molecule has 2 aliphatic rings. The van der Waals surface area contributed by atoms with E-state index in [1.54, 1.807) is 0 Å². The van der Waals surface area contributed by atoms with E-state index in [9.17, 15) is 4.79 Å². The number of ether oxygens (including phenoxy) is 1. The summed E-state index contributed by atoms with van der Waals surface area (Å²) in [5.74, 6) is 0.394. The molecule has 2 rings (SSSR count). The lowest BCUT2D eigenvalue weighted by atomic mass is 9.94. The van der Waals surface area contributed by atoms with Crippen LogP contribution in [0.25, 0.3) is 0 Å². The topological polar surface area (TPSA) is 56.6 Å². The van der Waals surface area contributed by atoms with Crippen molar-refractivity contribution in [2.75, 3.05) is 26.2 Å². The molecule has 2 saturated heterocycles. The van der Waals surface area contributed by atoms with Crippen LogP contribution in [0, 0.1) is 17.2 Å². The Bertz CT molecular complexity index is 375. The summed E-state index contributed by atoms with van der Waals surface area (Å²) in [4.78, 5) is 16.7. The van der Waals surface area contributed by atoms with Gasteiger partial charge in [-0.15, -0.1) is 0 Å². The van der Waals surface area contributed by atoms with Gasteiger partial charge >= 0.3 is 0 Å². The number of rotatable bonds is 2. The maximum atomic E-state index is 12.6. The molecule has 0 aliphatic carbocycles. The molecule has 5 heteroatoms. The number of carbonyl (C=O) groups is 1. The van der Waals surface area contributed by atoms with Crippen LogP contribution in [0.3, 0.4) is 0 Å². The van der Waals surface area contributed by atoms with Gasteiger partial charge in [-0.05, 0) is 33.6 Å². The Labute approximate surface area is 121 Å². The minimum atomic E-state index is -0.0468. The van der Waals surface area contributed by atoms with Crippen molar-refractivity contribution < 1.29 is 9.53 Å². The van der Waals surface area contributed by atoms with Gasteiger partial charge in [0.05, 0.1) is 24.3 Å². The van der Waals surface area contributed by atoms with Gasteiger partial charge in [0.25, 0.3) is 0 Å². The molecule has 2 fully saturated rings. The Morgan fingerprint density at radius 3 is 2.30 bits per heavy atom. The predicted molar refractivity (Wildman–Crippen MR) is 76.0 cm³/mol. The minimum Gasteiger partial charge on any atom is -0.372 e. The van der Waals surface area contributed by atoms with Crippen molar-refractivity contribution in [3.8, 4) is 6.07 Å². The number of carbonyl (C=O) groups excluding carboxylic acids is 1. The Morgan fingerprint density at radius 1 is 1.25 bits per heavy atom. The smallest absolute Gasteiger partial charge is 0.225 e. The number of amides is 1. The number of nitriles is 1. The summed E-state index contributed by atoms with van der Waals surface area (Å²) in [5, 5.41) is 8.94. The van der Waals surface area contributed by atoms with Crippen LogP contribution in [0.1, 0.15) is 33.6 Å². The van der Waals surface area contributed by atoms with E-state index >= 15 is 0 Å². The highest BCUT2D eigenvalue weighted by Gasteiger charge is 2.33. The van der Waals surface area contributed by atoms with Crippen LogP contribution < -0.4 is 0 Å². The molecule has 0 aromatic rings. The number of likely N-dealkylation sites (tertiary alicyclic amines) is 1. The van der Waals surface area contributed by atoms with E-state index < -0.39 is 0 Å². The highest BCUT2D eigenvalue weighted by Crippen LogP contribution is 2.23. The normalized spacial score (nSPS) is 30.8. The molecule has 0 N–H and O–H groups in total. The highest BCUT2D eigenvalue weighted by molar-refractivity contribution is 5.79. The molecule has 3 atom stereocenters. The Kier molecular flexibility index (Phi) is 5.00. The van der Waals surface area contributed by atoms with Crippen molar-refractivity contribution in [2.24, 2.45) is 5.92 Å². The molecule has 0 spiro atoms. The number of hydrogen-bond donors (Lipinski definition) is 0. The van der Waals surface area contributed by atoms with Gasteiger partial charge in [-0.2, -0.15) is 5.26 Å². The van der Waals surface area contributed by atoms with Gasteiger partial charge in [0.1, 0.15) is 0 Å². The molecule has 5 nitrogen and oxygen atoms in total. The average molecular weight is 279 g/mol. The van der Waals surface area contributed by atoms with Gasteiger partial charge in [-0.25, -0.2) is 0 Å². The van der Waals surface area contributed by atoms with Gasteiger partial charge in [0.15, 0.2) is 0 Å². The molecule has 0 aromatic heterocycles. The Morgan fingerprint density at radius 2 is 1.80 bits per heavy atom. The van der Waals surface area contributed by atoms with Gasteiger partial charge in [0.2, 0.25) is 5.91 Å². The van der Waals surface area contributed by atoms with E-state index in [1.165, 1.54) is 0 Å². The first kappa shape index (κ1) is 15.3. The second-order valence-corrected chi connectivity index (χ2v) is 6.12. The van der Waals surface area contributed by atoms with Crippen molar-refractivity contribution in [1.29, 1.82) is 5.26 Å². The molecule has 2 aliphatic heterocycles. The molecule has 0 saturated carbocycles. The predicted octanol–water partition coefficient (Wildman–Crippen LogP) is 1.25. The fourth-order valence-electron chi connectivity index (χ4n) is 3.23. The van der Waals surface area contributed by atoms with Crippen LogP contribution in [0.15, 0.2) is 0 Å². The summed E-state index contributed by atoms with van der Waals surface area (Å²) < 4.78 is 5.68. The number of hydrogen-bond acceptors (Lipinski definition) is 4. The monoisotopic (exact) mass is 279 g/mol. The van der Waals surface area contributed by atoms with E-state index in [2.05, 4.69) is 11.0 Å². The van der Waals surface area contributed by atoms with E-state index in [0.717, 1.165) is 25.9 Å². The summed E-state index contributed by atoms with van der Waals surface area (Å²) >= 11 is 0. The minimum absolute atomic E-state index is 0.0468. The molecule has 2 heterocycles. The zero-order valence-electron chi connectivity index (χ0n) is 12.7. The van der Waals surface area contributed by atoms with Crippen LogP contribution in [0.4, 0.5) is 0 Å². The third kappa shape index (κ3) is 3.50. The van der Waals surface area contributed by atoms with Crippen molar-refractivity contribution in [1.82, 2.24) is 9.80 Å². The first-order valence-electron chi connectivity index (χ1n) is 7.59. The molecule has 112 valence electrons. The second-order valence-electron chi connectivity index (χ2n) is 6.12. The average Bonchev–Trinajstić information content (AvgIpc) is 2.45. The lowest BCUT2D eigenvalue weighted by molar-refractivity contribution is -0.149. The number of nitrogens with zero attached hydrogens (tertiary/aromatic N) is 3. The second kappa shape index (κ2) is 6.55. The lowest BCUT2D eigenvalue weighted by Gasteiger charge is -2.39. The summed E-state index contributed by atoms with van der Waals surface area (Å²) in [5.41, 5.74) is 0. The fraction of sp³-hybridized carbons (Fsp3) is 0.867. The Balaban J connectivity index is 1.87.